The maximum Gasteiger partial charge on any atom is 0.143 e. The molecule has 0 amide bonds. The quantitative estimate of drug-likeness (QED) is 0.555. The number of hydrazine groups is 1. The van der Waals surface area contributed by atoms with E-state index in [1.54, 1.807) is 0 Å². The van der Waals surface area contributed by atoms with E-state index in [4.69, 9.17) is 5.84 Å². The molecule has 0 aromatic carbocycles. The number of nitrogens with two attached hydrogens (primary N) is 1. The zero-order valence-electron chi connectivity index (χ0n) is 10.3. The van der Waals surface area contributed by atoms with Crippen molar-refractivity contribution < 1.29 is 0 Å². The molecule has 0 radical (unpaired) electrons. The number of hydrogen-bond acceptors (Lipinski definition) is 5. The largest absolute Gasteiger partial charge is 0.308 e. The fourth-order valence-electron chi connectivity index (χ4n) is 1.61. The minimum Gasteiger partial charge on any atom is -0.308 e. The second-order valence-corrected chi connectivity index (χ2v) is 3.73. The van der Waals surface area contributed by atoms with Gasteiger partial charge >= 0.3 is 0 Å². The van der Waals surface area contributed by atoms with Crippen molar-refractivity contribution in [3.05, 3.63) is 17.6 Å². The van der Waals surface area contributed by atoms with Crippen molar-refractivity contribution >= 4 is 5.82 Å². The normalized spacial score (nSPS) is 10.8. The van der Waals surface area contributed by atoms with Crippen molar-refractivity contribution in [2.45, 2.75) is 27.2 Å². The van der Waals surface area contributed by atoms with Crippen molar-refractivity contribution in [2.24, 2.45) is 5.84 Å². The van der Waals surface area contributed by atoms with Gasteiger partial charge in [0.15, 0.2) is 0 Å². The first-order valence-electron chi connectivity index (χ1n) is 5.73. The zero-order chi connectivity index (χ0) is 12.0. The molecule has 1 aromatic heterocycles. The van der Waals surface area contributed by atoms with Crippen LogP contribution in [0.2, 0.25) is 0 Å². The summed E-state index contributed by atoms with van der Waals surface area (Å²) in [7, 11) is 0. The second-order valence-electron chi connectivity index (χ2n) is 3.73. The van der Waals surface area contributed by atoms with Gasteiger partial charge < -0.3 is 10.3 Å². The van der Waals surface area contributed by atoms with Crippen molar-refractivity contribution in [2.75, 3.05) is 25.1 Å². The highest BCUT2D eigenvalue weighted by molar-refractivity contribution is 5.33. The lowest BCUT2D eigenvalue weighted by atomic mass is 10.3. The molecule has 0 atom stereocenters. The number of nitrogen functional groups attached to an aromatic ring is 1. The van der Waals surface area contributed by atoms with Gasteiger partial charge in [-0.2, -0.15) is 0 Å². The third kappa shape index (κ3) is 3.75. The van der Waals surface area contributed by atoms with Crippen molar-refractivity contribution in [3.63, 3.8) is 0 Å². The Morgan fingerprint density at radius 3 is 2.56 bits per heavy atom. The molecule has 1 rings (SSSR count). The Morgan fingerprint density at radius 2 is 2.00 bits per heavy atom. The molecule has 16 heavy (non-hydrogen) atoms. The fourth-order valence-corrected chi connectivity index (χ4v) is 1.61. The van der Waals surface area contributed by atoms with Crippen molar-refractivity contribution in [1.82, 2.24) is 14.9 Å². The van der Waals surface area contributed by atoms with Gasteiger partial charge in [-0.25, -0.2) is 15.8 Å². The Labute approximate surface area is 97.0 Å². The highest BCUT2D eigenvalue weighted by atomic mass is 15.3. The van der Waals surface area contributed by atoms with Crippen molar-refractivity contribution in [1.29, 1.82) is 0 Å². The summed E-state index contributed by atoms with van der Waals surface area (Å²) in [6.07, 6.45) is 0.859. The first-order valence-corrected chi connectivity index (χ1v) is 5.73. The summed E-state index contributed by atoms with van der Waals surface area (Å²) in [4.78, 5) is 11.1. The molecule has 0 aliphatic rings. The van der Waals surface area contributed by atoms with E-state index in [0.717, 1.165) is 37.6 Å². The number of hydrogen-bond donors (Lipinski definition) is 2. The average molecular weight is 223 g/mol. The lowest BCUT2D eigenvalue weighted by Crippen LogP contribution is -2.26. The molecule has 0 saturated heterocycles. The smallest absolute Gasteiger partial charge is 0.143 e. The van der Waals surface area contributed by atoms with E-state index >= 15 is 0 Å². The number of aryl methyl sites for hydroxylation is 1. The Hall–Kier alpha value is -1.20. The van der Waals surface area contributed by atoms with Gasteiger partial charge in [0.2, 0.25) is 0 Å². The van der Waals surface area contributed by atoms with Crippen LogP contribution in [0.3, 0.4) is 0 Å². The number of aromatic nitrogens is 2. The molecular weight excluding hydrogens is 202 g/mol. The molecule has 1 heterocycles. The molecule has 5 heteroatoms. The fraction of sp³-hybridized carbons (Fsp3) is 0.636. The zero-order valence-corrected chi connectivity index (χ0v) is 10.3. The first kappa shape index (κ1) is 12.9. The predicted octanol–water partition coefficient (Wildman–Crippen LogP) is 0.955. The van der Waals surface area contributed by atoms with Crippen LogP contribution in [-0.4, -0.2) is 34.5 Å². The molecule has 0 bridgehead atoms. The number of anilines is 1. The minimum atomic E-state index is 0.682. The van der Waals surface area contributed by atoms with Crippen LogP contribution < -0.4 is 11.3 Å². The van der Waals surface area contributed by atoms with E-state index in [9.17, 15) is 0 Å². The van der Waals surface area contributed by atoms with Gasteiger partial charge in [0.25, 0.3) is 0 Å². The number of likely N-dealkylation sites (N-methyl/N-ethyl adjacent to an activating group) is 1. The van der Waals surface area contributed by atoms with Gasteiger partial charge in [-0.05, 0) is 20.0 Å². The van der Waals surface area contributed by atoms with Crippen LogP contribution in [0.4, 0.5) is 5.82 Å². The van der Waals surface area contributed by atoms with Crippen LogP contribution in [0.1, 0.15) is 25.4 Å². The van der Waals surface area contributed by atoms with E-state index in [0.29, 0.717) is 5.82 Å². The molecule has 90 valence electrons. The first-order chi connectivity index (χ1) is 7.69. The average Bonchev–Trinajstić information content (AvgIpc) is 2.29. The van der Waals surface area contributed by atoms with Crippen LogP contribution in [0.5, 0.6) is 0 Å². The summed E-state index contributed by atoms with van der Waals surface area (Å²) < 4.78 is 0. The number of rotatable bonds is 6. The van der Waals surface area contributed by atoms with E-state index in [1.165, 1.54) is 0 Å². The Bertz CT molecular complexity index is 322. The van der Waals surface area contributed by atoms with E-state index in [-0.39, 0.29) is 0 Å². The molecule has 0 fully saturated rings. The third-order valence-electron chi connectivity index (χ3n) is 2.59. The topological polar surface area (TPSA) is 67.1 Å². The molecule has 1 aromatic rings. The molecular formula is C11H21N5. The summed E-state index contributed by atoms with van der Waals surface area (Å²) in [5.74, 6) is 6.87. The van der Waals surface area contributed by atoms with Gasteiger partial charge in [0, 0.05) is 24.7 Å². The molecule has 0 spiro atoms. The number of nitrogens with zero attached hydrogens (tertiary/aromatic N) is 3. The van der Waals surface area contributed by atoms with E-state index in [2.05, 4.69) is 34.1 Å². The summed E-state index contributed by atoms with van der Waals surface area (Å²) in [6, 6.07) is 1.83. The summed E-state index contributed by atoms with van der Waals surface area (Å²) in [5, 5.41) is 0. The second kappa shape index (κ2) is 6.40. The van der Waals surface area contributed by atoms with E-state index in [1.807, 2.05) is 13.0 Å². The molecule has 0 aliphatic heterocycles. The van der Waals surface area contributed by atoms with Crippen LogP contribution in [0.15, 0.2) is 6.07 Å². The summed E-state index contributed by atoms with van der Waals surface area (Å²) >= 11 is 0. The maximum atomic E-state index is 5.35. The highest BCUT2D eigenvalue weighted by Crippen LogP contribution is 2.05. The lowest BCUT2D eigenvalue weighted by Gasteiger charge is -2.17. The number of nitrogens with one attached hydrogen (secondary N) is 1. The van der Waals surface area contributed by atoms with Gasteiger partial charge in [-0.15, -0.1) is 0 Å². The van der Waals surface area contributed by atoms with Crippen LogP contribution in [0.25, 0.3) is 0 Å². The van der Waals surface area contributed by atoms with E-state index < -0.39 is 0 Å². The summed E-state index contributed by atoms with van der Waals surface area (Å²) in [6.45, 7) is 9.37. The van der Waals surface area contributed by atoms with Crippen LogP contribution >= 0.6 is 0 Å². The molecule has 5 nitrogen and oxygen atoms in total. The summed E-state index contributed by atoms with van der Waals surface area (Å²) in [5.41, 5.74) is 3.50. The minimum absolute atomic E-state index is 0.682. The molecule has 0 unspecified atom stereocenters. The van der Waals surface area contributed by atoms with Gasteiger partial charge in [-0.3, -0.25) is 0 Å². The standard InChI is InChI=1S/C11H21N5/c1-4-16(5-2)7-6-10-13-9(3)8-11(14-10)15-12/h8H,4-7,12H2,1-3H3,(H,13,14,15). The van der Waals surface area contributed by atoms with Gasteiger partial charge in [0.05, 0.1) is 0 Å². The monoisotopic (exact) mass is 223 g/mol. The maximum absolute atomic E-state index is 5.35. The van der Waals surface area contributed by atoms with Gasteiger partial charge in [0.1, 0.15) is 11.6 Å². The Morgan fingerprint density at radius 1 is 1.31 bits per heavy atom. The Kier molecular flexibility index (Phi) is 5.14. The lowest BCUT2D eigenvalue weighted by molar-refractivity contribution is 0.305. The Balaban J connectivity index is 2.62. The highest BCUT2D eigenvalue weighted by Gasteiger charge is 2.04. The van der Waals surface area contributed by atoms with Crippen LogP contribution in [-0.2, 0) is 6.42 Å². The third-order valence-corrected chi connectivity index (χ3v) is 2.59. The van der Waals surface area contributed by atoms with Crippen molar-refractivity contribution in [3.8, 4) is 0 Å². The molecule has 0 aliphatic carbocycles. The molecule has 3 N–H and O–H groups in total. The SMILES string of the molecule is CCN(CC)CCc1nc(C)cc(NN)n1. The van der Waals surface area contributed by atoms with Crippen LogP contribution in [0, 0.1) is 6.92 Å². The van der Waals surface area contributed by atoms with Gasteiger partial charge in [-0.1, -0.05) is 13.8 Å². The predicted molar refractivity (Wildman–Crippen MR) is 66.1 cm³/mol. The molecule has 0 saturated carbocycles.